The molecule has 1 aliphatic carbocycles. The van der Waals surface area contributed by atoms with Crippen molar-refractivity contribution in [2.75, 3.05) is 42.8 Å². The minimum absolute atomic E-state index is 0.0158. The summed E-state index contributed by atoms with van der Waals surface area (Å²) in [7, 11) is -2.06. The zero-order valence-corrected chi connectivity index (χ0v) is 19.9. The topological polar surface area (TPSA) is 134 Å². The number of aromatic hydroxyl groups is 2. The van der Waals surface area contributed by atoms with Crippen molar-refractivity contribution in [3.8, 4) is 11.5 Å². The Balaban J connectivity index is 1.45. The number of fused-ring (bicyclic) bond motifs is 2. The molecule has 1 aliphatic heterocycles. The van der Waals surface area contributed by atoms with Gasteiger partial charge in [-0.25, -0.2) is 8.42 Å². The zero-order valence-electron chi connectivity index (χ0n) is 19.1. The van der Waals surface area contributed by atoms with Crippen molar-refractivity contribution in [1.29, 1.82) is 0 Å². The van der Waals surface area contributed by atoms with Crippen molar-refractivity contribution >= 4 is 21.4 Å². The van der Waals surface area contributed by atoms with Gasteiger partial charge in [-0.3, -0.25) is 4.72 Å². The van der Waals surface area contributed by atoms with Crippen LogP contribution in [0.2, 0.25) is 0 Å². The third-order valence-electron chi connectivity index (χ3n) is 6.76. The summed E-state index contributed by atoms with van der Waals surface area (Å²) >= 11 is 0. The van der Waals surface area contributed by atoms with Gasteiger partial charge >= 0.3 is 0 Å². The molecule has 2 unspecified atom stereocenters. The first-order chi connectivity index (χ1) is 16.7. The summed E-state index contributed by atoms with van der Waals surface area (Å²) < 4.78 is 28.5. The highest BCUT2D eigenvalue weighted by Gasteiger charge is 2.35. The number of anilines is 2. The highest BCUT2D eigenvalue weighted by atomic mass is 32.2. The monoisotopic (exact) mass is 497 g/mol. The highest BCUT2D eigenvalue weighted by molar-refractivity contribution is 7.92. The number of piperazine rings is 1. The number of nitrogens with one attached hydrogen (secondary N) is 1. The van der Waals surface area contributed by atoms with E-state index in [-0.39, 0.29) is 21.7 Å². The molecule has 1 saturated heterocycles. The van der Waals surface area contributed by atoms with Gasteiger partial charge in [-0.1, -0.05) is 24.3 Å². The first-order valence-electron chi connectivity index (χ1n) is 11.3. The summed E-state index contributed by atoms with van der Waals surface area (Å²) in [6, 6.07) is 14.3. The number of phenols is 2. The maximum Gasteiger partial charge on any atom is 0.262 e. The molecule has 0 aromatic heterocycles. The number of phenolic OH excluding ortho intramolecular Hbond substituents is 2. The quantitative estimate of drug-likeness (QED) is 0.346. The molecule has 184 valence electrons. The predicted molar refractivity (Wildman–Crippen MR) is 131 cm³/mol. The van der Waals surface area contributed by atoms with Gasteiger partial charge in [0.25, 0.3) is 10.0 Å². The molecule has 2 aliphatic rings. The Morgan fingerprint density at radius 2 is 1.43 bits per heavy atom. The molecular weight excluding hydrogens is 470 g/mol. The fraction of sp³-hybridized carbons (Fsp3) is 0.280. The molecule has 0 spiro atoms. The molecule has 0 radical (unpaired) electrons. The second kappa shape index (κ2) is 8.72. The molecule has 5 N–H and O–H groups in total. The van der Waals surface area contributed by atoms with Crippen LogP contribution < -0.4 is 9.62 Å². The summed E-state index contributed by atoms with van der Waals surface area (Å²) in [5, 5.41) is 42.8. The van der Waals surface area contributed by atoms with Gasteiger partial charge in [-0.2, -0.15) is 0 Å². The first-order valence-corrected chi connectivity index (χ1v) is 12.8. The van der Waals surface area contributed by atoms with E-state index in [1.54, 1.807) is 36.4 Å². The Kier molecular flexibility index (Phi) is 5.84. The van der Waals surface area contributed by atoms with Gasteiger partial charge in [0.2, 0.25) is 0 Å². The maximum atomic E-state index is 13.1. The first kappa shape index (κ1) is 23.4. The normalized spacial score (nSPS) is 20.3. The molecule has 0 saturated carbocycles. The smallest absolute Gasteiger partial charge is 0.262 e. The molecule has 0 amide bonds. The van der Waals surface area contributed by atoms with Crippen molar-refractivity contribution in [2.24, 2.45) is 0 Å². The van der Waals surface area contributed by atoms with E-state index in [1.807, 2.05) is 0 Å². The number of nitrogens with zero attached hydrogens (tertiary/aromatic N) is 2. The number of aliphatic hydroxyl groups is 2. The van der Waals surface area contributed by atoms with Crippen molar-refractivity contribution in [3.05, 3.63) is 76.9 Å². The lowest BCUT2D eigenvalue weighted by molar-refractivity contribution is 0.169. The van der Waals surface area contributed by atoms with E-state index in [9.17, 15) is 28.8 Å². The lowest BCUT2D eigenvalue weighted by atomic mass is 9.81. The second-order valence-electron chi connectivity index (χ2n) is 8.95. The number of hydrogen-bond acceptors (Lipinski definition) is 8. The van der Waals surface area contributed by atoms with Crippen LogP contribution in [0.1, 0.15) is 34.5 Å². The Hall–Kier alpha value is -3.31. The fourth-order valence-corrected chi connectivity index (χ4v) is 5.78. The fourth-order valence-electron chi connectivity index (χ4n) is 4.72. The van der Waals surface area contributed by atoms with E-state index in [0.717, 1.165) is 31.9 Å². The van der Waals surface area contributed by atoms with Gasteiger partial charge in [0.1, 0.15) is 12.2 Å². The highest BCUT2D eigenvalue weighted by Crippen LogP contribution is 2.50. The van der Waals surface area contributed by atoms with Crippen molar-refractivity contribution in [3.63, 3.8) is 0 Å². The van der Waals surface area contributed by atoms with Crippen molar-refractivity contribution < 1.29 is 28.8 Å². The largest absolute Gasteiger partial charge is 0.504 e. The van der Waals surface area contributed by atoms with Crippen LogP contribution in [0, 0.1) is 0 Å². The molecule has 3 aromatic rings. The summed E-state index contributed by atoms with van der Waals surface area (Å²) in [4.78, 5) is 4.40. The number of aliphatic hydroxyl groups excluding tert-OH is 2. The Morgan fingerprint density at radius 3 is 2.06 bits per heavy atom. The van der Waals surface area contributed by atoms with Crippen molar-refractivity contribution in [2.45, 2.75) is 17.1 Å². The van der Waals surface area contributed by atoms with Crippen LogP contribution in [-0.2, 0) is 10.0 Å². The Morgan fingerprint density at radius 1 is 0.829 bits per heavy atom. The van der Waals surface area contributed by atoms with Gasteiger partial charge in [-0.05, 0) is 54.1 Å². The zero-order chi connectivity index (χ0) is 24.9. The van der Waals surface area contributed by atoms with E-state index >= 15 is 0 Å². The van der Waals surface area contributed by atoms with Crippen LogP contribution in [0.4, 0.5) is 11.4 Å². The molecule has 1 heterocycles. The Labute approximate surface area is 203 Å². The van der Waals surface area contributed by atoms with Gasteiger partial charge in [0.05, 0.1) is 10.6 Å². The van der Waals surface area contributed by atoms with E-state index < -0.39 is 33.7 Å². The van der Waals surface area contributed by atoms with Crippen LogP contribution in [0.15, 0.2) is 59.5 Å². The number of sulfonamides is 1. The molecule has 35 heavy (non-hydrogen) atoms. The van der Waals surface area contributed by atoms with E-state index in [2.05, 4.69) is 21.6 Å². The minimum atomic E-state index is -4.12. The van der Waals surface area contributed by atoms with E-state index in [4.69, 9.17) is 0 Å². The Bertz CT molecular complexity index is 1370. The number of likely N-dealkylation sites (N-methyl/N-ethyl adjacent to an activating group) is 1. The lowest BCUT2D eigenvalue weighted by Gasteiger charge is -2.34. The molecular formula is C25H27N3O6S. The van der Waals surface area contributed by atoms with Gasteiger partial charge in [0.15, 0.2) is 11.5 Å². The van der Waals surface area contributed by atoms with E-state index in [0.29, 0.717) is 11.1 Å². The van der Waals surface area contributed by atoms with E-state index in [1.165, 1.54) is 18.2 Å². The molecule has 0 bridgehead atoms. The van der Waals surface area contributed by atoms with Crippen LogP contribution in [0.25, 0.3) is 0 Å². The molecule has 9 nitrogen and oxygen atoms in total. The molecule has 3 aromatic carbocycles. The third kappa shape index (κ3) is 4.08. The summed E-state index contributed by atoms with van der Waals surface area (Å²) in [5.74, 6) is -1.42. The summed E-state index contributed by atoms with van der Waals surface area (Å²) in [6.07, 6.45) is -2.51. The molecule has 1 fully saturated rings. The van der Waals surface area contributed by atoms with Gasteiger partial charge in [-0.15, -0.1) is 0 Å². The van der Waals surface area contributed by atoms with Gasteiger partial charge < -0.3 is 30.2 Å². The number of hydrogen-bond donors (Lipinski definition) is 5. The van der Waals surface area contributed by atoms with Crippen LogP contribution in [-0.4, -0.2) is 67.0 Å². The summed E-state index contributed by atoms with van der Waals surface area (Å²) in [5.41, 5.74) is 1.50. The second-order valence-corrected chi connectivity index (χ2v) is 10.6. The van der Waals surface area contributed by atoms with Crippen LogP contribution in [0.3, 0.4) is 0 Å². The standard InChI is InChI=1S/C25H27N3O6S/c1-27-10-12-28(13-11-27)15-6-8-16(9-7-15)35(33,34)26-20-14-19-21(25(32)24(20)31)23(30)18-5-3-2-4-17(18)22(19)29/h2-9,14,22-23,26,29-32H,10-13H2,1H3. The summed E-state index contributed by atoms with van der Waals surface area (Å²) in [6.45, 7) is 3.54. The lowest BCUT2D eigenvalue weighted by Crippen LogP contribution is -2.44. The SMILES string of the molecule is CN1CCN(c2ccc(S(=O)(=O)Nc3cc4c(c(O)c3O)C(O)c3ccccc3C4O)cc2)CC1. The van der Waals surface area contributed by atoms with Gasteiger partial charge in [0, 0.05) is 37.4 Å². The minimum Gasteiger partial charge on any atom is -0.504 e. The molecule has 5 rings (SSSR count). The third-order valence-corrected chi connectivity index (χ3v) is 8.14. The number of benzene rings is 3. The maximum absolute atomic E-state index is 13.1. The van der Waals surface area contributed by atoms with Crippen LogP contribution >= 0.6 is 0 Å². The number of rotatable bonds is 4. The average molecular weight is 498 g/mol. The molecule has 2 atom stereocenters. The average Bonchev–Trinajstić information content (AvgIpc) is 2.86. The van der Waals surface area contributed by atoms with Crippen LogP contribution in [0.5, 0.6) is 11.5 Å². The van der Waals surface area contributed by atoms with Crippen molar-refractivity contribution in [1.82, 2.24) is 4.90 Å². The molecule has 10 heteroatoms. The predicted octanol–water partition coefficient (Wildman–Crippen LogP) is 2.13.